The highest BCUT2D eigenvalue weighted by molar-refractivity contribution is 6.01. The van der Waals surface area contributed by atoms with Gasteiger partial charge in [0.15, 0.2) is 0 Å². The lowest BCUT2D eigenvalue weighted by atomic mass is 10.0. The number of hydrogen-bond acceptors (Lipinski definition) is 4. The van der Waals surface area contributed by atoms with Gasteiger partial charge < -0.3 is 9.72 Å². The van der Waals surface area contributed by atoms with Crippen molar-refractivity contribution < 1.29 is 9.13 Å². The third-order valence-electron chi connectivity index (χ3n) is 5.80. The van der Waals surface area contributed by atoms with E-state index < -0.39 is 0 Å². The maximum Gasteiger partial charge on any atom is 0.137 e. The molecule has 4 heterocycles. The minimum Gasteiger partial charge on any atom is -0.495 e. The van der Waals surface area contributed by atoms with Crippen LogP contribution in [0.5, 0.6) is 5.75 Å². The summed E-state index contributed by atoms with van der Waals surface area (Å²) in [6, 6.07) is 16.6. The van der Waals surface area contributed by atoms with Crippen LogP contribution >= 0.6 is 0 Å². The van der Waals surface area contributed by atoms with Crippen molar-refractivity contribution in [2.75, 3.05) is 7.11 Å². The number of ether oxygens (including phenoxy) is 1. The topological polar surface area (TPSA) is 79.5 Å². The Kier molecular flexibility index (Phi) is 4.40. The summed E-state index contributed by atoms with van der Waals surface area (Å²) in [7, 11) is 1.63. The Morgan fingerprint density at radius 1 is 0.758 bits per heavy atom. The lowest BCUT2D eigenvalue weighted by Gasteiger charge is -2.04. The van der Waals surface area contributed by atoms with E-state index in [1.54, 1.807) is 37.8 Å². The first-order chi connectivity index (χ1) is 16.2. The van der Waals surface area contributed by atoms with Crippen molar-refractivity contribution in [3.05, 3.63) is 85.2 Å². The average Bonchev–Trinajstić information content (AvgIpc) is 3.48. The molecule has 0 bridgehead atoms. The fourth-order valence-electron chi connectivity index (χ4n) is 4.13. The Morgan fingerprint density at radius 3 is 2.42 bits per heavy atom. The third-order valence-corrected chi connectivity index (χ3v) is 5.80. The molecule has 2 aromatic carbocycles. The van der Waals surface area contributed by atoms with Gasteiger partial charge in [-0.3, -0.25) is 15.1 Å². The maximum absolute atomic E-state index is 13.4. The Balaban J connectivity index is 1.48. The van der Waals surface area contributed by atoms with Gasteiger partial charge in [0.25, 0.3) is 0 Å². The first kappa shape index (κ1) is 19.2. The van der Waals surface area contributed by atoms with E-state index in [1.807, 2.05) is 24.4 Å². The van der Waals surface area contributed by atoms with Crippen molar-refractivity contribution in [3.63, 3.8) is 0 Å². The summed E-state index contributed by atoms with van der Waals surface area (Å²) < 4.78 is 18.7. The molecule has 0 aliphatic carbocycles. The Labute approximate surface area is 188 Å². The zero-order chi connectivity index (χ0) is 22.4. The van der Waals surface area contributed by atoms with E-state index >= 15 is 0 Å². The summed E-state index contributed by atoms with van der Waals surface area (Å²) in [5.74, 6) is 0.440. The van der Waals surface area contributed by atoms with E-state index in [9.17, 15) is 4.39 Å². The molecule has 160 valence electrons. The lowest BCUT2D eigenvalue weighted by Crippen LogP contribution is -1.86. The van der Waals surface area contributed by atoms with Gasteiger partial charge in [0.05, 0.1) is 36.2 Å². The predicted molar refractivity (Wildman–Crippen MR) is 126 cm³/mol. The number of pyridine rings is 2. The van der Waals surface area contributed by atoms with Crippen molar-refractivity contribution in [3.8, 4) is 39.4 Å². The molecule has 0 saturated heterocycles. The average molecular weight is 435 g/mol. The number of nitrogens with one attached hydrogen (secondary N) is 2. The Morgan fingerprint density at radius 2 is 1.58 bits per heavy atom. The van der Waals surface area contributed by atoms with Gasteiger partial charge in [-0.25, -0.2) is 4.39 Å². The molecule has 0 aliphatic heterocycles. The molecule has 0 spiro atoms. The van der Waals surface area contributed by atoms with E-state index in [0.29, 0.717) is 5.75 Å². The number of aromatic amines is 2. The highest BCUT2D eigenvalue weighted by atomic mass is 19.1. The van der Waals surface area contributed by atoms with Crippen LogP contribution in [0.3, 0.4) is 0 Å². The zero-order valence-electron chi connectivity index (χ0n) is 17.6. The van der Waals surface area contributed by atoms with Gasteiger partial charge in [0.1, 0.15) is 17.3 Å². The summed E-state index contributed by atoms with van der Waals surface area (Å²) >= 11 is 0. The zero-order valence-corrected chi connectivity index (χ0v) is 17.6. The standard InChI is InChI=1S/C26H18FN5O/c1-33-19-8-17(11-28-12-19)16-4-7-23-21(9-16)26(32-31-23)24-10-20-22(13-29-14-25(20)30-24)15-2-5-18(27)6-3-15/h2-14,30H,1H3,(H,31,32). The molecule has 0 amide bonds. The SMILES string of the molecule is COc1cncc(-c2ccc3[nH]nc(-c4cc5c(-c6ccc(F)cc6)cncc5[nH]4)c3c2)c1. The fourth-order valence-corrected chi connectivity index (χ4v) is 4.13. The molecule has 6 rings (SSSR count). The molecule has 4 aromatic heterocycles. The molecule has 0 aliphatic rings. The van der Waals surface area contributed by atoms with Crippen LogP contribution in [-0.4, -0.2) is 32.3 Å². The number of methoxy groups -OCH3 is 1. The molecular formula is C26H18FN5O. The van der Waals surface area contributed by atoms with E-state index in [0.717, 1.165) is 55.4 Å². The first-order valence-electron chi connectivity index (χ1n) is 10.4. The monoisotopic (exact) mass is 435 g/mol. The molecule has 6 nitrogen and oxygen atoms in total. The predicted octanol–water partition coefficient (Wildman–Crippen LogP) is 5.98. The first-order valence-corrected chi connectivity index (χ1v) is 10.4. The molecule has 0 atom stereocenters. The number of H-pyrrole nitrogens is 2. The molecule has 2 N–H and O–H groups in total. The van der Waals surface area contributed by atoms with Gasteiger partial charge >= 0.3 is 0 Å². The fraction of sp³-hybridized carbons (Fsp3) is 0.0385. The minimum absolute atomic E-state index is 0.265. The summed E-state index contributed by atoms with van der Waals surface area (Å²) in [6.07, 6.45) is 7.08. The van der Waals surface area contributed by atoms with Crippen molar-refractivity contribution in [2.45, 2.75) is 0 Å². The van der Waals surface area contributed by atoms with Crippen molar-refractivity contribution in [1.29, 1.82) is 0 Å². The molecule has 0 saturated carbocycles. The van der Waals surface area contributed by atoms with Crippen LogP contribution in [0, 0.1) is 5.82 Å². The van der Waals surface area contributed by atoms with Gasteiger partial charge in [-0.05, 0) is 47.5 Å². The normalized spacial score (nSPS) is 11.3. The van der Waals surface area contributed by atoms with Crippen LogP contribution in [0.1, 0.15) is 0 Å². The second-order valence-electron chi connectivity index (χ2n) is 7.78. The number of benzene rings is 2. The Hall–Kier alpha value is -4.52. The summed E-state index contributed by atoms with van der Waals surface area (Å²) in [5, 5.41) is 9.67. The second kappa shape index (κ2) is 7.56. The molecule has 0 unspecified atom stereocenters. The highest BCUT2D eigenvalue weighted by Crippen LogP contribution is 2.35. The summed E-state index contributed by atoms with van der Waals surface area (Å²) in [5.41, 5.74) is 7.30. The number of rotatable bonds is 4. The van der Waals surface area contributed by atoms with E-state index in [2.05, 4.69) is 37.3 Å². The highest BCUT2D eigenvalue weighted by Gasteiger charge is 2.15. The van der Waals surface area contributed by atoms with Crippen molar-refractivity contribution >= 4 is 21.8 Å². The molecular weight excluding hydrogens is 417 g/mol. The number of nitrogens with zero attached hydrogens (tertiary/aromatic N) is 3. The quantitative estimate of drug-likeness (QED) is 0.357. The van der Waals surface area contributed by atoms with Crippen LogP contribution in [0.2, 0.25) is 0 Å². The number of hydrogen-bond donors (Lipinski definition) is 2. The van der Waals surface area contributed by atoms with E-state index in [-0.39, 0.29) is 5.82 Å². The Bertz CT molecular complexity index is 1620. The second-order valence-corrected chi connectivity index (χ2v) is 7.78. The molecule has 0 radical (unpaired) electrons. The number of aromatic nitrogens is 5. The lowest BCUT2D eigenvalue weighted by molar-refractivity contribution is 0.413. The van der Waals surface area contributed by atoms with Gasteiger partial charge in [-0.2, -0.15) is 5.10 Å². The van der Waals surface area contributed by atoms with Gasteiger partial charge in [0, 0.05) is 34.3 Å². The third kappa shape index (κ3) is 3.30. The van der Waals surface area contributed by atoms with Gasteiger partial charge in [0.2, 0.25) is 0 Å². The molecule has 33 heavy (non-hydrogen) atoms. The van der Waals surface area contributed by atoms with Crippen molar-refractivity contribution in [2.24, 2.45) is 0 Å². The van der Waals surface area contributed by atoms with Crippen LogP contribution in [-0.2, 0) is 0 Å². The van der Waals surface area contributed by atoms with Crippen LogP contribution < -0.4 is 4.74 Å². The van der Waals surface area contributed by atoms with E-state index in [1.165, 1.54) is 12.1 Å². The number of halogens is 1. The van der Waals surface area contributed by atoms with E-state index in [4.69, 9.17) is 4.74 Å². The molecule has 7 heteroatoms. The van der Waals surface area contributed by atoms with Crippen LogP contribution in [0.25, 0.3) is 55.4 Å². The van der Waals surface area contributed by atoms with Crippen LogP contribution in [0.4, 0.5) is 4.39 Å². The largest absolute Gasteiger partial charge is 0.495 e. The summed E-state index contributed by atoms with van der Waals surface area (Å²) in [6.45, 7) is 0. The number of fused-ring (bicyclic) bond motifs is 2. The minimum atomic E-state index is -0.265. The maximum atomic E-state index is 13.4. The molecule has 6 aromatic rings. The smallest absolute Gasteiger partial charge is 0.137 e. The summed E-state index contributed by atoms with van der Waals surface area (Å²) in [4.78, 5) is 12.1. The van der Waals surface area contributed by atoms with Crippen LogP contribution in [0.15, 0.2) is 79.4 Å². The van der Waals surface area contributed by atoms with Gasteiger partial charge in [-0.1, -0.05) is 18.2 Å². The molecule has 0 fully saturated rings. The van der Waals surface area contributed by atoms with Gasteiger partial charge in [-0.15, -0.1) is 0 Å². The van der Waals surface area contributed by atoms with Crippen molar-refractivity contribution in [1.82, 2.24) is 25.1 Å².